The van der Waals surface area contributed by atoms with Crippen LogP contribution in [0.4, 0.5) is 5.69 Å². The van der Waals surface area contributed by atoms with Crippen LogP contribution in [0, 0.1) is 0 Å². The number of hydrogen-bond donors (Lipinski definition) is 1. The molecule has 0 aliphatic carbocycles. The summed E-state index contributed by atoms with van der Waals surface area (Å²) in [5, 5.41) is 0. The number of ether oxygens (including phenoxy) is 1. The number of hydrogen-bond acceptors (Lipinski definition) is 5. The molecule has 0 unspecified atom stereocenters. The fraction of sp³-hybridized carbons (Fsp3) is 0.263. The van der Waals surface area contributed by atoms with Gasteiger partial charge >= 0.3 is 5.97 Å². The van der Waals surface area contributed by atoms with Crippen molar-refractivity contribution in [2.24, 2.45) is 0 Å². The summed E-state index contributed by atoms with van der Waals surface area (Å²) in [4.78, 5) is 25.5. The molecule has 0 radical (unpaired) electrons. The van der Waals surface area contributed by atoms with Crippen molar-refractivity contribution in [2.45, 2.75) is 18.7 Å². The van der Waals surface area contributed by atoms with Crippen LogP contribution in [0.15, 0.2) is 53.4 Å². The van der Waals surface area contributed by atoms with Gasteiger partial charge in [-0.1, -0.05) is 6.07 Å². The number of methoxy groups -OCH3 is 1. The van der Waals surface area contributed by atoms with Crippen LogP contribution in [0.2, 0.25) is 0 Å². The minimum Gasteiger partial charge on any atom is -0.465 e. The Bertz CT molecular complexity index is 919. The summed E-state index contributed by atoms with van der Waals surface area (Å²) >= 11 is 0. The average molecular weight is 390 g/mol. The maximum absolute atomic E-state index is 12.6. The van der Waals surface area contributed by atoms with Crippen molar-refractivity contribution in [3.63, 3.8) is 0 Å². The maximum atomic E-state index is 12.6. The molecule has 2 rings (SSSR count). The van der Waals surface area contributed by atoms with E-state index in [1.807, 2.05) is 13.8 Å². The molecule has 0 bridgehead atoms. The Balaban J connectivity index is 2.25. The molecule has 0 heterocycles. The molecule has 0 aliphatic heterocycles. The number of nitrogens with one attached hydrogen (secondary N) is 1. The second-order valence-electron chi connectivity index (χ2n) is 5.68. The lowest BCUT2D eigenvalue weighted by molar-refractivity contribution is 0.0600. The fourth-order valence-electron chi connectivity index (χ4n) is 2.50. The highest BCUT2D eigenvalue weighted by molar-refractivity contribution is 7.92. The van der Waals surface area contributed by atoms with E-state index in [0.29, 0.717) is 29.9 Å². The summed E-state index contributed by atoms with van der Waals surface area (Å²) in [6.07, 6.45) is 0. The highest BCUT2D eigenvalue weighted by Crippen LogP contribution is 2.19. The van der Waals surface area contributed by atoms with Gasteiger partial charge in [0.2, 0.25) is 0 Å². The normalized spacial score (nSPS) is 10.9. The maximum Gasteiger partial charge on any atom is 0.337 e. The molecule has 0 saturated carbocycles. The number of sulfonamides is 1. The number of amides is 1. The van der Waals surface area contributed by atoms with Gasteiger partial charge in [0.15, 0.2) is 0 Å². The monoisotopic (exact) mass is 390 g/mol. The van der Waals surface area contributed by atoms with Crippen LogP contribution in [0.1, 0.15) is 34.6 Å². The fourth-order valence-corrected chi connectivity index (χ4v) is 3.60. The van der Waals surface area contributed by atoms with Crippen molar-refractivity contribution in [2.75, 3.05) is 24.9 Å². The van der Waals surface area contributed by atoms with E-state index >= 15 is 0 Å². The van der Waals surface area contributed by atoms with Crippen LogP contribution in [0.3, 0.4) is 0 Å². The zero-order chi connectivity index (χ0) is 20.0. The van der Waals surface area contributed by atoms with Crippen LogP contribution >= 0.6 is 0 Å². The largest absolute Gasteiger partial charge is 0.465 e. The van der Waals surface area contributed by atoms with Gasteiger partial charge in [0, 0.05) is 24.3 Å². The lowest BCUT2D eigenvalue weighted by Gasteiger charge is -2.19. The molecule has 2 aromatic carbocycles. The van der Waals surface area contributed by atoms with E-state index in [1.54, 1.807) is 11.0 Å². The van der Waals surface area contributed by atoms with Crippen LogP contribution in [0.25, 0.3) is 0 Å². The van der Waals surface area contributed by atoms with Crippen LogP contribution in [-0.2, 0) is 14.8 Å². The number of carbonyl (C=O) groups excluding carboxylic acids is 2. The molecule has 0 aliphatic rings. The van der Waals surface area contributed by atoms with Gasteiger partial charge in [-0.25, -0.2) is 13.2 Å². The van der Waals surface area contributed by atoms with Crippen molar-refractivity contribution in [1.29, 1.82) is 0 Å². The lowest BCUT2D eigenvalue weighted by Crippen LogP contribution is -2.30. The van der Waals surface area contributed by atoms with Gasteiger partial charge in [0.25, 0.3) is 15.9 Å². The van der Waals surface area contributed by atoms with Gasteiger partial charge in [-0.3, -0.25) is 9.52 Å². The highest BCUT2D eigenvalue weighted by Gasteiger charge is 2.19. The number of esters is 1. The molecular weight excluding hydrogens is 368 g/mol. The zero-order valence-corrected chi connectivity index (χ0v) is 16.2. The molecule has 8 heteroatoms. The average Bonchev–Trinajstić information content (AvgIpc) is 2.68. The first-order valence-corrected chi connectivity index (χ1v) is 9.91. The van der Waals surface area contributed by atoms with Gasteiger partial charge < -0.3 is 9.64 Å². The molecule has 0 atom stereocenters. The lowest BCUT2D eigenvalue weighted by atomic mass is 10.2. The Morgan fingerprint density at radius 1 is 1.00 bits per heavy atom. The van der Waals surface area contributed by atoms with Crippen molar-refractivity contribution in [1.82, 2.24) is 4.90 Å². The van der Waals surface area contributed by atoms with Gasteiger partial charge in [0.1, 0.15) is 0 Å². The summed E-state index contributed by atoms with van der Waals surface area (Å²) < 4.78 is 32.3. The van der Waals surface area contributed by atoms with Crippen molar-refractivity contribution >= 4 is 27.6 Å². The standard InChI is InChI=1S/C19H22N2O5S/c1-4-21(5-2)18(22)15-7-6-8-17(13-15)27(24,25)20-16-11-9-14(10-12-16)19(23)26-3/h6-13,20H,4-5H2,1-3H3. The Morgan fingerprint density at radius 3 is 2.19 bits per heavy atom. The van der Waals surface area contributed by atoms with Gasteiger partial charge in [0.05, 0.1) is 17.6 Å². The van der Waals surface area contributed by atoms with Crippen LogP contribution in [-0.4, -0.2) is 45.4 Å². The minimum absolute atomic E-state index is 0.0162. The number of rotatable bonds is 7. The summed E-state index contributed by atoms with van der Waals surface area (Å²) in [7, 11) is -2.61. The zero-order valence-electron chi connectivity index (χ0n) is 15.4. The Labute approximate surface area is 159 Å². The second-order valence-corrected chi connectivity index (χ2v) is 7.36. The van der Waals surface area contributed by atoms with E-state index in [1.165, 1.54) is 49.6 Å². The molecule has 1 N–H and O–H groups in total. The number of anilines is 1. The van der Waals surface area contributed by atoms with E-state index in [-0.39, 0.29) is 10.8 Å². The second kappa shape index (κ2) is 8.68. The van der Waals surface area contributed by atoms with Crippen LogP contribution < -0.4 is 4.72 Å². The van der Waals surface area contributed by atoms with Crippen molar-refractivity contribution in [3.05, 3.63) is 59.7 Å². The minimum atomic E-state index is -3.88. The quantitative estimate of drug-likeness (QED) is 0.734. The summed E-state index contributed by atoms with van der Waals surface area (Å²) in [6.45, 7) is 4.80. The third kappa shape index (κ3) is 4.85. The summed E-state index contributed by atoms with van der Waals surface area (Å²) in [5.74, 6) is -0.730. The number of nitrogens with zero attached hydrogens (tertiary/aromatic N) is 1. The molecule has 27 heavy (non-hydrogen) atoms. The molecule has 0 saturated heterocycles. The third-order valence-electron chi connectivity index (χ3n) is 4.00. The topological polar surface area (TPSA) is 92.8 Å². The molecule has 7 nitrogen and oxygen atoms in total. The van der Waals surface area contributed by atoms with E-state index in [2.05, 4.69) is 9.46 Å². The van der Waals surface area contributed by atoms with E-state index in [0.717, 1.165) is 0 Å². The van der Waals surface area contributed by atoms with Crippen molar-refractivity contribution in [3.8, 4) is 0 Å². The summed E-state index contributed by atoms with van der Waals surface area (Å²) in [6, 6.07) is 11.8. The van der Waals surface area contributed by atoms with Crippen LogP contribution in [0.5, 0.6) is 0 Å². The molecular formula is C19H22N2O5S. The Kier molecular flexibility index (Phi) is 6.57. The molecule has 0 fully saturated rings. The highest BCUT2D eigenvalue weighted by atomic mass is 32.2. The first kappa shape index (κ1) is 20.4. The molecule has 144 valence electrons. The van der Waals surface area contributed by atoms with E-state index in [9.17, 15) is 18.0 Å². The van der Waals surface area contributed by atoms with E-state index < -0.39 is 16.0 Å². The molecule has 0 aromatic heterocycles. The first-order valence-electron chi connectivity index (χ1n) is 8.43. The molecule has 0 spiro atoms. The predicted molar refractivity (Wildman–Crippen MR) is 102 cm³/mol. The first-order chi connectivity index (χ1) is 12.8. The number of benzene rings is 2. The molecule has 1 amide bonds. The summed E-state index contributed by atoms with van der Waals surface area (Å²) in [5.41, 5.74) is 0.915. The van der Waals surface area contributed by atoms with E-state index in [4.69, 9.17) is 0 Å². The number of carbonyl (C=O) groups is 2. The Hall–Kier alpha value is -2.87. The SMILES string of the molecule is CCN(CC)C(=O)c1cccc(S(=O)(=O)Nc2ccc(C(=O)OC)cc2)c1. The molecule has 2 aromatic rings. The van der Waals surface area contributed by atoms with Gasteiger partial charge in [-0.05, 0) is 56.3 Å². The van der Waals surface area contributed by atoms with Gasteiger partial charge in [-0.2, -0.15) is 0 Å². The van der Waals surface area contributed by atoms with Gasteiger partial charge in [-0.15, -0.1) is 0 Å². The predicted octanol–water partition coefficient (Wildman–Crippen LogP) is 2.76. The Morgan fingerprint density at radius 2 is 1.63 bits per heavy atom. The smallest absolute Gasteiger partial charge is 0.337 e. The third-order valence-corrected chi connectivity index (χ3v) is 5.38. The van der Waals surface area contributed by atoms with Crippen molar-refractivity contribution < 1.29 is 22.7 Å².